The Morgan fingerprint density at radius 2 is 1.95 bits per heavy atom. The summed E-state index contributed by atoms with van der Waals surface area (Å²) in [5.41, 5.74) is 3.57. The number of nitrogens with zero attached hydrogens (tertiary/aromatic N) is 7. The van der Waals surface area contributed by atoms with E-state index in [-0.39, 0.29) is 17.6 Å². The van der Waals surface area contributed by atoms with Gasteiger partial charge in [0.15, 0.2) is 11.6 Å². The fourth-order valence-electron chi connectivity index (χ4n) is 5.80. The van der Waals surface area contributed by atoms with Crippen LogP contribution in [0.3, 0.4) is 0 Å². The molecular formula is C32H31FN8O2. The summed E-state index contributed by atoms with van der Waals surface area (Å²) in [6.45, 7) is 7.31. The molecule has 1 aliphatic heterocycles. The number of amides is 1. The number of pyridine rings is 1. The molecule has 10 nitrogen and oxygen atoms in total. The van der Waals surface area contributed by atoms with E-state index in [0.717, 1.165) is 29.7 Å². The number of aromatic nitrogens is 5. The highest BCUT2D eigenvalue weighted by Gasteiger charge is 2.40. The van der Waals surface area contributed by atoms with Crippen LogP contribution in [0.1, 0.15) is 18.4 Å². The molecule has 3 aromatic heterocycles. The maximum absolute atomic E-state index is 15.7. The van der Waals surface area contributed by atoms with Crippen LogP contribution in [0.4, 0.5) is 21.7 Å². The van der Waals surface area contributed by atoms with Crippen molar-refractivity contribution in [3.8, 4) is 11.5 Å². The number of hydrogen-bond donors (Lipinski definition) is 1. The van der Waals surface area contributed by atoms with E-state index in [1.165, 1.54) is 12.4 Å². The molecule has 5 aromatic rings. The quantitative estimate of drug-likeness (QED) is 0.253. The van der Waals surface area contributed by atoms with E-state index in [1.807, 2.05) is 46.8 Å². The second-order valence-corrected chi connectivity index (χ2v) is 11.1. The molecule has 218 valence electrons. The smallest absolute Gasteiger partial charge is 0.246 e. The van der Waals surface area contributed by atoms with Gasteiger partial charge in [0, 0.05) is 38.3 Å². The van der Waals surface area contributed by atoms with E-state index in [1.54, 1.807) is 25.4 Å². The van der Waals surface area contributed by atoms with Gasteiger partial charge in [-0.2, -0.15) is 0 Å². The minimum Gasteiger partial charge on any atom is -0.457 e. The summed E-state index contributed by atoms with van der Waals surface area (Å²) in [5, 5.41) is 3.13. The molecular weight excluding hydrogens is 547 g/mol. The number of carbonyl (C=O) groups is 1. The molecule has 1 aliphatic carbocycles. The molecule has 2 aliphatic rings. The number of hydrogen-bond acceptors (Lipinski definition) is 8. The van der Waals surface area contributed by atoms with Gasteiger partial charge in [-0.25, -0.2) is 24.3 Å². The Morgan fingerprint density at radius 3 is 2.77 bits per heavy atom. The molecule has 43 heavy (non-hydrogen) atoms. The molecule has 0 radical (unpaired) electrons. The maximum Gasteiger partial charge on any atom is 0.246 e. The van der Waals surface area contributed by atoms with Crippen LogP contribution < -0.4 is 15.0 Å². The SMILES string of the molecule is C=CC(=O)N1CCN(c2ccc3ncnc(Nc4ccc(Oc5ccc6c(c5)ncn6C)c(C)c4F)c3n2)CC1C1CC1. The van der Waals surface area contributed by atoms with Crippen molar-refractivity contribution in [2.24, 2.45) is 13.0 Å². The highest BCUT2D eigenvalue weighted by molar-refractivity contribution is 5.89. The van der Waals surface area contributed by atoms with Crippen molar-refractivity contribution < 1.29 is 13.9 Å². The lowest BCUT2D eigenvalue weighted by molar-refractivity contribution is -0.129. The van der Waals surface area contributed by atoms with Crippen LogP contribution in [-0.2, 0) is 11.8 Å². The first-order chi connectivity index (χ1) is 20.9. The van der Waals surface area contributed by atoms with E-state index in [9.17, 15) is 4.79 Å². The number of anilines is 3. The van der Waals surface area contributed by atoms with Crippen LogP contribution in [-0.4, -0.2) is 61.0 Å². The Kier molecular flexibility index (Phi) is 6.64. The summed E-state index contributed by atoms with van der Waals surface area (Å²) in [6.07, 6.45) is 6.83. The molecule has 1 unspecified atom stereocenters. The van der Waals surface area contributed by atoms with Crippen LogP contribution in [0.5, 0.6) is 11.5 Å². The molecule has 4 heterocycles. The number of rotatable bonds is 7. The van der Waals surface area contributed by atoms with Crippen molar-refractivity contribution in [3.05, 3.63) is 79.2 Å². The van der Waals surface area contributed by atoms with Crippen molar-refractivity contribution in [2.75, 3.05) is 29.9 Å². The Morgan fingerprint density at radius 1 is 1.09 bits per heavy atom. The third-order valence-electron chi connectivity index (χ3n) is 8.35. The number of halogens is 1. The Hall–Kier alpha value is -5.06. The van der Waals surface area contributed by atoms with Crippen molar-refractivity contribution in [1.29, 1.82) is 0 Å². The Balaban J connectivity index is 1.14. The van der Waals surface area contributed by atoms with E-state index in [2.05, 4.69) is 31.7 Å². The summed E-state index contributed by atoms with van der Waals surface area (Å²) < 4.78 is 23.6. The molecule has 1 atom stereocenters. The second-order valence-electron chi connectivity index (χ2n) is 11.1. The molecule has 1 saturated heterocycles. The topological polar surface area (TPSA) is 101 Å². The predicted molar refractivity (Wildman–Crippen MR) is 163 cm³/mol. The molecule has 2 aromatic carbocycles. The van der Waals surface area contributed by atoms with Crippen LogP contribution in [0.25, 0.3) is 22.1 Å². The fraction of sp³-hybridized carbons (Fsp3) is 0.281. The third-order valence-corrected chi connectivity index (χ3v) is 8.35. The minimum atomic E-state index is -0.449. The van der Waals surface area contributed by atoms with Gasteiger partial charge in [0.1, 0.15) is 29.2 Å². The average Bonchev–Trinajstić information content (AvgIpc) is 3.82. The largest absolute Gasteiger partial charge is 0.457 e. The summed E-state index contributed by atoms with van der Waals surface area (Å²) in [6, 6.07) is 12.9. The van der Waals surface area contributed by atoms with E-state index < -0.39 is 5.82 Å². The van der Waals surface area contributed by atoms with Gasteiger partial charge in [0.2, 0.25) is 5.91 Å². The molecule has 1 N–H and O–H groups in total. The molecule has 0 spiro atoms. The molecule has 11 heteroatoms. The first-order valence-corrected chi connectivity index (χ1v) is 14.3. The molecule has 1 saturated carbocycles. The summed E-state index contributed by atoms with van der Waals surface area (Å²) in [5.74, 6) is 2.19. The lowest BCUT2D eigenvalue weighted by Crippen LogP contribution is -2.56. The first-order valence-electron chi connectivity index (χ1n) is 14.3. The van der Waals surface area contributed by atoms with Gasteiger partial charge < -0.3 is 24.4 Å². The number of benzene rings is 2. The molecule has 7 rings (SSSR count). The second kappa shape index (κ2) is 10.6. The minimum absolute atomic E-state index is 0.0223. The number of ether oxygens (including phenoxy) is 1. The van der Waals surface area contributed by atoms with E-state index in [0.29, 0.717) is 59.5 Å². The Bertz CT molecular complexity index is 1880. The number of piperazine rings is 1. The molecule has 2 fully saturated rings. The molecule has 0 bridgehead atoms. The number of imidazole rings is 1. The standard InChI is InChI=1S/C32H31FN8O2/c1-4-29(42)41-14-13-40(16-26(41)20-5-6-20)28-12-9-23-31(38-28)32(35-17-34-23)37-22-8-11-27(19(2)30(22)33)43-21-7-10-25-24(15-21)36-18-39(25)3/h4,7-12,15,17-18,20,26H,1,5-6,13-14,16H2,2-3H3,(H,34,35,37). The van der Waals surface area contributed by atoms with Gasteiger partial charge in [-0.1, -0.05) is 6.58 Å². The zero-order valence-corrected chi connectivity index (χ0v) is 24.0. The molecule has 1 amide bonds. The average molecular weight is 579 g/mol. The lowest BCUT2D eigenvalue weighted by Gasteiger charge is -2.42. The lowest BCUT2D eigenvalue weighted by atomic mass is 10.1. The maximum atomic E-state index is 15.7. The van der Waals surface area contributed by atoms with E-state index in [4.69, 9.17) is 9.72 Å². The first kappa shape index (κ1) is 26.8. The normalized spacial score (nSPS) is 17.0. The summed E-state index contributed by atoms with van der Waals surface area (Å²) >= 11 is 0. The van der Waals surface area contributed by atoms with Gasteiger partial charge in [-0.15, -0.1) is 0 Å². The van der Waals surface area contributed by atoms with Crippen molar-refractivity contribution in [1.82, 2.24) is 29.4 Å². The van der Waals surface area contributed by atoms with Gasteiger partial charge >= 0.3 is 0 Å². The van der Waals surface area contributed by atoms with Crippen LogP contribution >= 0.6 is 0 Å². The van der Waals surface area contributed by atoms with Gasteiger partial charge in [0.05, 0.1) is 34.6 Å². The monoisotopic (exact) mass is 578 g/mol. The van der Waals surface area contributed by atoms with Crippen molar-refractivity contribution in [2.45, 2.75) is 25.8 Å². The number of carbonyl (C=O) groups excluding carboxylic acids is 1. The third kappa shape index (κ3) is 5.00. The van der Waals surface area contributed by atoms with Gasteiger partial charge in [-0.05, 0) is 68.2 Å². The van der Waals surface area contributed by atoms with Gasteiger partial charge in [-0.3, -0.25) is 4.79 Å². The van der Waals surface area contributed by atoms with Crippen molar-refractivity contribution >= 4 is 45.3 Å². The van der Waals surface area contributed by atoms with E-state index >= 15 is 4.39 Å². The van der Waals surface area contributed by atoms with Crippen LogP contribution in [0, 0.1) is 18.7 Å². The number of fused-ring (bicyclic) bond motifs is 2. The number of nitrogens with one attached hydrogen (secondary N) is 1. The Labute approximate surface area is 247 Å². The summed E-state index contributed by atoms with van der Waals surface area (Å²) in [4.78, 5) is 34.7. The summed E-state index contributed by atoms with van der Waals surface area (Å²) in [7, 11) is 1.93. The zero-order valence-electron chi connectivity index (χ0n) is 24.0. The van der Waals surface area contributed by atoms with Crippen LogP contribution in [0.15, 0.2) is 67.8 Å². The van der Waals surface area contributed by atoms with Gasteiger partial charge in [0.25, 0.3) is 0 Å². The fourth-order valence-corrected chi connectivity index (χ4v) is 5.80. The highest BCUT2D eigenvalue weighted by Crippen LogP contribution is 2.38. The number of aryl methyl sites for hydroxylation is 1. The van der Waals surface area contributed by atoms with Crippen molar-refractivity contribution in [3.63, 3.8) is 0 Å². The van der Waals surface area contributed by atoms with Crippen LogP contribution in [0.2, 0.25) is 0 Å². The highest BCUT2D eigenvalue weighted by atomic mass is 19.1. The zero-order chi connectivity index (χ0) is 29.7. The predicted octanol–water partition coefficient (Wildman–Crippen LogP) is 5.51.